The molecule has 0 aliphatic carbocycles. The first-order valence-corrected chi connectivity index (χ1v) is 6.48. The van der Waals surface area contributed by atoms with Crippen LogP contribution in [0.5, 0.6) is 5.75 Å². The number of rotatable bonds is 4. The van der Waals surface area contributed by atoms with Gasteiger partial charge < -0.3 is 15.4 Å². The number of aromatic nitrogens is 4. The molecule has 0 unspecified atom stereocenters. The van der Waals surface area contributed by atoms with Crippen molar-refractivity contribution in [2.45, 2.75) is 6.54 Å². The number of methoxy groups -OCH3 is 1. The molecule has 3 N–H and O–H groups in total. The van der Waals surface area contributed by atoms with Crippen LogP contribution in [-0.2, 0) is 6.54 Å². The van der Waals surface area contributed by atoms with Crippen LogP contribution < -0.4 is 15.4 Å². The van der Waals surface area contributed by atoms with Crippen molar-refractivity contribution in [3.8, 4) is 5.75 Å². The molecule has 108 valence electrons. The molecule has 0 saturated carbocycles. The number of ether oxygens (including phenoxy) is 1. The molecule has 0 fully saturated rings. The third kappa shape index (κ3) is 2.58. The number of hydrogen-bond acceptors (Lipinski definition) is 6. The van der Waals surface area contributed by atoms with Crippen LogP contribution >= 0.6 is 0 Å². The zero-order chi connectivity index (χ0) is 14.8. The first kappa shape index (κ1) is 13.2. The molecule has 0 bridgehead atoms. The Morgan fingerprint density at radius 1 is 1.24 bits per heavy atom. The fourth-order valence-electron chi connectivity index (χ4n) is 2.21. The molecule has 7 heteroatoms. The summed E-state index contributed by atoms with van der Waals surface area (Å²) >= 11 is 0. The smallest absolute Gasteiger partial charge is 0.224 e. The van der Waals surface area contributed by atoms with E-state index in [0.717, 1.165) is 22.5 Å². The minimum atomic E-state index is 0.225. The van der Waals surface area contributed by atoms with Crippen LogP contribution in [0.2, 0.25) is 0 Å². The number of H-pyrrole nitrogens is 1. The van der Waals surface area contributed by atoms with Crippen LogP contribution in [0, 0.1) is 0 Å². The molecule has 7 nitrogen and oxygen atoms in total. The molecule has 2 heterocycles. The highest BCUT2D eigenvalue weighted by Crippen LogP contribution is 2.23. The van der Waals surface area contributed by atoms with E-state index in [4.69, 9.17) is 10.5 Å². The molecule has 0 saturated heterocycles. The highest BCUT2D eigenvalue weighted by molar-refractivity contribution is 5.87. The largest absolute Gasteiger partial charge is 0.497 e. The van der Waals surface area contributed by atoms with Gasteiger partial charge in [-0.25, -0.2) is 0 Å². The minimum Gasteiger partial charge on any atom is -0.497 e. The summed E-state index contributed by atoms with van der Waals surface area (Å²) < 4.78 is 5.16. The number of nitrogens with one attached hydrogen (secondary N) is 1. The van der Waals surface area contributed by atoms with Crippen LogP contribution in [0.15, 0.2) is 30.5 Å². The number of nitrogen functional groups attached to an aromatic ring is 1. The summed E-state index contributed by atoms with van der Waals surface area (Å²) in [6.45, 7) is 0.695. The lowest BCUT2D eigenvalue weighted by molar-refractivity contribution is 0.414. The van der Waals surface area contributed by atoms with Crippen LogP contribution in [0.4, 0.5) is 11.8 Å². The second-order valence-electron chi connectivity index (χ2n) is 4.74. The maximum Gasteiger partial charge on any atom is 0.224 e. The second-order valence-corrected chi connectivity index (χ2v) is 4.74. The summed E-state index contributed by atoms with van der Waals surface area (Å²) in [5, 5.41) is 7.65. The quantitative estimate of drug-likeness (QED) is 0.755. The summed E-state index contributed by atoms with van der Waals surface area (Å²) in [5.74, 6) is 1.82. The van der Waals surface area contributed by atoms with E-state index < -0.39 is 0 Å². The van der Waals surface area contributed by atoms with Gasteiger partial charge in [0.1, 0.15) is 11.6 Å². The summed E-state index contributed by atoms with van der Waals surface area (Å²) in [6, 6.07) is 7.91. The van der Waals surface area contributed by atoms with E-state index in [1.54, 1.807) is 13.3 Å². The predicted molar refractivity (Wildman–Crippen MR) is 81.2 cm³/mol. The van der Waals surface area contributed by atoms with Gasteiger partial charge in [0.05, 0.1) is 18.7 Å². The van der Waals surface area contributed by atoms with Gasteiger partial charge >= 0.3 is 0 Å². The van der Waals surface area contributed by atoms with Gasteiger partial charge in [0.15, 0.2) is 5.65 Å². The molecule has 21 heavy (non-hydrogen) atoms. The Hall–Kier alpha value is -2.83. The third-order valence-electron chi connectivity index (χ3n) is 3.25. The average Bonchev–Trinajstić information content (AvgIpc) is 2.95. The lowest BCUT2D eigenvalue weighted by Crippen LogP contribution is -2.18. The van der Waals surface area contributed by atoms with Crippen LogP contribution in [0.1, 0.15) is 5.56 Å². The van der Waals surface area contributed by atoms with Crippen molar-refractivity contribution < 1.29 is 4.74 Å². The zero-order valence-corrected chi connectivity index (χ0v) is 11.9. The first-order valence-electron chi connectivity index (χ1n) is 6.48. The molecule has 0 atom stereocenters. The van der Waals surface area contributed by atoms with E-state index >= 15 is 0 Å². The summed E-state index contributed by atoms with van der Waals surface area (Å²) in [6.07, 6.45) is 1.70. The van der Waals surface area contributed by atoms with Gasteiger partial charge in [-0.05, 0) is 17.7 Å². The molecule has 2 aromatic heterocycles. The predicted octanol–water partition coefficient (Wildman–Crippen LogP) is 1.58. The van der Waals surface area contributed by atoms with Gasteiger partial charge in [0.25, 0.3) is 0 Å². The van der Waals surface area contributed by atoms with Crippen LogP contribution in [-0.4, -0.2) is 34.3 Å². The topological polar surface area (TPSA) is 93.0 Å². The Morgan fingerprint density at radius 3 is 2.71 bits per heavy atom. The van der Waals surface area contributed by atoms with Crippen molar-refractivity contribution in [2.75, 3.05) is 24.8 Å². The zero-order valence-electron chi connectivity index (χ0n) is 11.9. The molecule has 1 aromatic carbocycles. The Bertz CT molecular complexity index is 752. The van der Waals surface area contributed by atoms with E-state index in [1.165, 1.54) is 0 Å². The van der Waals surface area contributed by atoms with E-state index in [1.807, 2.05) is 36.2 Å². The maximum atomic E-state index is 5.74. The van der Waals surface area contributed by atoms with Crippen molar-refractivity contribution >= 4 is 22.8 Å². The Labute approximate surface area is 121 Å². The number of nitrogens with two attached hydrogens (primary N) is 1. The molecular formula is C14H16N6O. The molecule has 0 spiro atoms. The fraction of sp³-hybridized carbons (Fsp3) is 0.214. The standard InChI is InChI=1S/C14H16N6O/c1-20(8-9-3-5-10(21-2)6-4-9)13-11-7-16-19-12(11)17-14(15)18-13/h3-7H,8H2,1-2H3,(H3,15,16,17,18,19). The summed E-state index contributed by atoms with van der Waals surface area (Å²) in [4.78, 5) is 10.4. The third-order valence-corrected chi connectivity index (χ3v) is 3.25. The van der Waals surface area contributed by atoms with Crippen molar-refractivity contribution in [1.29, 1.82) is 0 Å². The van der Waals surface area contributed by atoms with E-state index in [0.29, 0.717) is 12.2 Å². The maximum absolute atomic E-state index is 5.74. The molecule has 3 aromatic rings. The first-order chi connectivity index (χ1) is 10.2. The van der Waals surface area contributed by atoms with Crippen molar-refractivity contribution in [3.05, 3.63) is 36.0 Å². The van der Waals surface area contributed by atoms with Gasteiger partial charge in [-0.1, -0.05) is 12.1 Å². The Kier molecular flexibility index (Phi) is 3.31. The number of fused-ring (bicyclic) bond motifs is 1. The van der Waals surface area contributed by atoms with E-state index in [2.05, 4.69) is 20.2 Å². The molecule has 0 aliphatic heterocycles. The number of benzene rings is 1. The number of hydrogen-bond donors (Lipinski definition) is 2. The number of aromatic amines is 1. The van der Waals surface area contributed by atoms with Crippen LogP contribution in [0.25, 0.3) is 11.0 Å². The highest BCUT2D eigenvalue weighted by atomic mass is 16.5. The highest BCUT2D eigenvalue weighted by Gasteiger charge is 2.12. The van der Waals surface area contributed by atoms with Gasteiger partial charge in [-0.3, -0.25) is 5.10 Å². The summed E-state index contributed by atoms with van der Waals surface area (Å²) in [5.41, 5.74) is 7.52. The lowest BCUT2D eigenvalue weighted by Gasteiger charge is -2.19. The summed E-state index contributed by atoms with van der Waals surface area (Å²) in [7, 11) is 3.61. The number of nitrogens with zero attached hydrogens (tertiary/aromatic N) is 4. The van der Waals surface area contributed by atoms with E-state index in [-0.39, 0.29) is 5.95 Å². The molecule has 0 radical (unpaired) electrons. The Morgan fingerprint density at radius 2 is 2.00 bits per heavy atom. The van der Waals surface area contributed by atoms with Gasteiger partial charge in [-0.15, -0.1) is 0 Å². The van der Waals surface area contributed by atoms with E-state index in [9.17, 15) is 0 Å². The average molecular weight is 284 g/mol. The fourth-order valence-corrected chi connectivity index (χ4v) is 2.21. The van der Waals surface area contributed by atoms with Gasteiger partial charge in [-0.2, -0.15) is 15.1 Å². The van der Waals surface area contributed by atoms with Crippen molar-refractivity contribution in [3.63, 3.8) is 0 Å². The normalized spacial score (nSPS) is 10.8. The van der Waals surface area contributed by atoms with Crippen molar-refractivity contribution in [1.82, 2.24) is 20.2 Å². The van der Waals surface area contributed by atoms with Crippen LogP contribution in [0.3, 0.4) is 0 Å². The van der Waals surface area contributed by atoms with Gasteiger partial charge in [0, 0.05) is 13.6 Å². The second kappa shape index (κ2) is 5.28. The van der Waals surface area contributed by atoms with Crippen molar-refractivity contribution in [2.24, 2.45) is 0 Å². The number of anilines is 2. The lowest BCUT2D eigenvalue weighted by atomic mass is 10.2. The monoisotopic (exact) mass is 284 g/mol. The van der Waals surface area contributed by atoms with Gasteiger partial charge in [0.2, 0.25) is 5.95 Å². The molecular weight excluding hydrogens is 268 g/mol. The Balaban J connectivity index is 1.89. The minimum absolute atomic E-state index is 0.225. The molecule has 3 rings (SSSR count). The SMILES string of the molecule is COc1ccc(CN(C)c2nc(N)nc3[nH]ncc23)cc1. The molecule has 0 amide bonds. The molecule has 0 aliphatic rings.